The fourth-order valence-corrected chi connectivity index (χ4v) is 3.15. The van der Waals surface area contributed by atoms with Crippen molar-refractivity contribution in [2.24, 2.45) is 0 Å². The maximum absolute atomic E-state index is 12.8. The van der Waals surface area contributed by atoms with Crippen LogP contribution in [0.3, 0.4) is 0 Å². The van der Waals surface area contributed by atoms with Crippen LogP contribution in [0.1, 0.15) is 28.9 Å². The van der Waals surface area contributed by atoms with E-state index in [1.165, 1.54) is 14.2 Å². The Bertz CT molecular complexity index is 868. The monoisotopic (exact) mass is 410 g/mol. The molecule has 156 valence electrons. The summed E-state index contributed by atoms with van der Waals surface area (Å²) in [6, 6.07) is 5.68. The molecule has 1 N–H and O–H groups in total. The Kier molecular flexibility index (Phi) is 6.09. The van der Waals surface area contributed by atoms with E-state index in [2.05, 4.69) is 15.3 Å². The summed E-state index contributed by atoms with van der Waals surface area (Å²) in [5, 5.41) is 2.93. The number of nitrogens with one attached hydrogen (secondary N) is 1. The number of nitrogens with zero attached hydrogens (tertiary/aromatic N) is 3. The third-order valence-electron chi connectivity index (χ3n) is 4.69. The number of ether oxygens (including phenoxy) is 2. The second-order valence-electron chi connectivity index (χ2n) is 6.54. The minimum absolute atomic E-state index is 0.0653. The third-order valence-corrected chi connectivity index (χ3v) is 4.69. The average Bonchev–Trinajstić information content (AvgIpc) is 2.73. The molecule has 1 fully saturated rings. The Labute approximate surface area is 165 Å². The highest BCUT2D eigenvalue weighted by Crippen LogP contribution is 2.29. The lowest BCUT2D eigenvalue weighted by Gasteiger charge is -2.32. The fourth-order valence-electron chi connectivity index (χ4n) is 3.15. The number of hydrogen-bond donors (Lipinski definition) is 1. The molecule has 7 nitrogen and oxygen atoms in total. The summed E-state index contributed by atoms with van der Waals surface area (Å²) in [5.41, 5.74) is -0.508. The first kappa shape index (κ1) is 20.7. The molecule has 0 aliphatic carbocycles. The lowest BCUT2D eigenvalue weighted by atomic mass is 10.0. The zero-order valence-corrected chi connectivity index (χ0v) is 16.0. The van der Waals surface area contributed by atoms with E-state index in [0.717, 1.165) is 12.3 Å². The van der Waals surface area contributed by atoms with Gasteiger partial charge >= 0.3 is 6.18 Å². The maximum Gasteiger partial charge on any atom is 0.433 e. The molecule has 0 spiro atoms. The molecule has 0 unspecified atom stereocenters. The molecule has 1 aromatic carbocycles. The topological polar surface area (TPSA) is 76.6 Å². The molecule has 0 bridgehead atoms. The van der Waals surface area contributed by atoms with Gasteiger partial charge in [0.15, 0.2) is 11.5 Å². The highest BCUT2D eigenvalue weighted by Gasteiger charge is 2.33. The van der Waals surface area contributed by atoms with Gasteiger partial charge in [0, 0.05) is 30.9 Å². The molecule has 0 atom stereocenters. The summed E-state index contributed by atoms with van der Waals surface area (Å²) in [4.78, 5) is 21.8. The predicted molar refractivity (Wildman–Crippen MR) is 99.1 cm³/mol. The van der Waals surface area contributed by atoms with E-state index in [9.17, 15) is 18.0 Å². The van der Waals surface area contributed by atoms with Gasteiger partial charge in [0.25, 0.3) is 5.91 Å². The molecular weight excluding hydrogens is 389 g/mol. The predicted octanol–water partition coefficient (Wildman–Crippen LogP) is 3.23. The van der Waals surface area contributed by atoms with Gasteiger partial charge in [-0.2, -0.15) is 13.2 Å². The quantitative estimate of drug-likeness (QED) is 0.816. The maximum atomic E-state index is 12.8. The first-order valence-electron chi connectivity index (χ1n) is 9.00. The van der Waals surface area contributed by atoms with Crippen molar-refractivity contribution in [1.29, 1.82) is 0 Å². The Morgan fingerprint density at radius 3 is 2.45 bits per heavy atom. The smallest absolute Gasteiger partial charge is 0.433 e. The summed E-state index contributed by atoms with van der Waals surface area (Å²) >= 11 is 0. The number of likely N-dealkylation sites (tertiary alicyclic amines) is 1. The van der Waals surface area contributed by atoms with Gasteiger partial charge in [-0.25, -0.2) is 9.97 Å². The zero-order chi connectivity index (χ0) is 21.0. The van der Waals surface area contributed by atoms with Gasteiger partial charge in [0.2, 0.25) is 5.95 Å². The molecule has 2 heterocycles. The summed E-state index contributed by atoms with van der Waals surface area (Å²) in [6.07, 6.45) is -2.31. The van der Waals surface area contributed by atoms with E-state index in [0.29, 0.717) is 43.0 Å². The van der Waals surface area contributed by atoms with E-state index in [4.69, 9.17) is 9.47 Å². The standard InChI is InChI=1S/C19H21F3N4O3/c1-28-14-4-3-12(11-15(14)29-2)17(27)26-9-6-13(7-10-26)24-18-23-8-5-16(25-18)19(20,21)22/h3-5,8,11,13H,6-7,9-10H2,1-2H3,(H,23,24,25). The molecule has 0 saturated carbocycles. The van der Waals surface area contributed by atoms with Crippen LogP contribution < -0.4 is 14.8 Å². The fraction of sp³-hybridized carbons (Fsp3) is 0.421. The van der Waals surface area contributed by atoms with Crippen molar-refractivity contribution in [1.82, 2.24) is 14.9 Å². The Morgan fingerprint density at radius 1 is 1.14 bits per heavy atom. The lowest BCUT2D eigenvalue weighted by Crippen LogP contribution is -2.42. The van der Waals surface area contributed by atoms with Gasteiger partial charge in [-0.05, 0) is 37.1 Å². The van der Waals surface area contributed by atoms with Gasteiger partial charge in [-0.1, -0.05) is 0 Å². The van der Waals surface area contributed by atoms with E-state index in [-0.39, 0.29) is 17.9 Å². The molecule has 1 aliphatic heterocycles. The molecule has 2 aromatic rings. The molecule has 29 heavy (non-hydrogen) atoms. The second-order valence-corrected chi connectivity index (χ2v) is 6.54. The van der Waals surface area contributed by atoms with Crippen LogP contribution in [0.15, 0.2) is 30.5 Å². The van der Waals surface area contributed by atoms with Gasteiger partial charge in [0.05, 0.1) is 14.2 Å². The number of amides is 1. The highest BCUT2D eigenvalue weighted by molar-refractivity contribution is 5.95. The molecule has 1 aromatic heterocycles. The van der Waals surface area contributed by atoms with Crippen molar-refractivity contribution in [2.75, 3.05) is 32.6 Å². The van der Waals surface area contributed by atoms with E-state index < -0.39 is 11.9 Å². The van der Waals surface area contributed by atoms with Crippen molar-refractivity contribution in [3.63, 3.8) is 0 Å². The van der Waals surface area contributed by atoms with Crippen molar-refractivity contribution in [3.8, 4) is 11.5 Å². The SMILES string of the molecule is COc1ccc(C(=O)N2CCC(Nc3nccc(C(F)(F)F)n3)CC2)cc1OC. The van der Waals surface area contributed by atoms with E-state index in [1.807, 2.05) is 0 Å². The number of alkyl halides is 3. The van der Waals surface area contributed by atoms with Crippen molar-refractivity contribution in [2.45, 2.75) is 25.1 Å². The van der Waals surface area contributed by atoms with Crippen molar-refractivity contribution < 1.29 is 27.4 Å². The van der Waals surface area contributed by atoms with Crippen LogP contribution in [0.25, 0.3) is 0 Å². The number of hydrogen-bond acceptors (Lipinski definition) is 6. The third kappa shape index (κ3) is 4.87. The number of anilines is 1. The number of carbonyl (C=O) groups excluding carboxylic acids is 1. The van der Waals surface area contributed by atoms with Crippen LogP contribution in [0.2, 0.25) is 0 Å². The van der Waals surface area contributed by atoms with Crippen LogP contribution in [-0.4, -0.2) is 54.1 Å². The lowest BCUT2D eigenvalue weighted by molar-refractivity contribution is -0.141. The summed E-state index contributed by atoms with van der Waals surface area (Å²) < 4.78 is 48.7. The van der Waals surface area contributed by atoms with Gasteiger partial charge in [-0.15, -0.1) is 0 Å². The van der Waals surface area contributed by atoms with Crippen LogP contribution in [-0.2, 0) is 6.18 Å². The Balaban J connectivity index is 1.60. The summed E-state index contributed by atoms with van der Waals surface area (Å²) in [6.45, 7) is 0.924. The number of piperidine rings is 1. The van der Waals surface area contributed by atoms with Crippen molar-refractivity contribution >= 4 is 11.9 Å². The van der Waals surface area contributed by atoms with Crippen LogP contribution in [0.5, 0.6) is 11.5 Å². The number of benzene rings is 1. The molecule has 3 rings (SSSR count). The van der Waals surface area contributed by atoms with Gasteiger partial charge < -0.3 is 19.7 Å². The molecular formula is C19H21F3N4O3. The second kappa shape index (κ2) is 8.54. The normalized spacial score (nSPS) is 15.1. The highest BCUT2D eigenvalue weighted by atomic mass is 19.4. The van der Waals surface area contributed by atoms with E-state index >= 15 is 0 Å². The summed E-state index contributed by atoms with van der Waals surface area (Å²) in [7, 11) is 3.02. The molecule has 1 amide bonds. The molecule has 1 saturated heterocycles. The number of carbonyl (C=O) groups is 1. The molecule has 10 heteroatoms. The minimum Gasteiger partial charge on any atom is -0.493 e. The van der Waals surface area contributed by atoms with Crippen LogP contribution >= 0.6 is 0 Å². The number of aromatic nitrogens is 2. The number of rotatable bonds is 5. The van der Waals surface area contributed by atoms with Crippen LogP contribution in [0.4, 0.5) is 19.1 Å². The van der Waals surface area contributed by atoms with E-state index in [1.54, 1.807) is 23.1 Å². The molecule has 1 aliphatic rings. The zero-order valence-electron chi connectivity index (χ0n) is 16.0. The first-order valence-corrected chi connectivity index (χ1v) is 9.00. The largest absolute Gasteiger partial charge is 0.493 e. The van der Waals surface area contributed by atoms with Gasteiger partial charge in [0.1, 0.15) is 5.69 Å². The molecule has 0 radical (unpaired) electrons. The van der Waals surface area contributed by atoms with Gasteiger partial charge in [-0.3, -0.25) is 4.79 Å². The number of halogens is 3. The number of methoxy groups -OCH3 is 2. The summed E-state index contributed by atoms with van der Waals surface area (Å²) in [5.74, 6) is 0.800. The van der Waals surface area contributed by atoms with Crippen molar-refractivity contribution in [3.05, 3.63) is 41.7 Å². The average molecular weight is 410 g/mol. The Morgan fingerprint density at radius 2 is 1.83 bits per heavy atom. The first-order chi connectivity index (χ1) is 13.8. The Hall–Kier alpha value is -3.04. The minimum atomic E-state index is -4.52. The van der Waals surface area contributed by atoms with Crippen LogP contribution in [0, 0.1) is 0 Å².